The fourth-order valence-corrected chi connectivity index (χ4v) is 4.76. The largest absolute Gasteiger partial charge is 0.489 e. The van der Waals surface area contributed by atoms with Gasteiger partial charge in [-0.3, -0.25) is 9.59 Å². The Labute approximate surface area is 267 Å². The molecule has 2 N–H and O–H groups in total. The molecule has 0 aliphatic heterocycles. The first kappa shape index (κ1) is 31.5. The number of carboxylic acid groups (broad SMARTS) is 1. The number of benzene rings is 5. The number of aliphatic carboxylic acids is 1. The van der Waals surface area contributed by atoms with Crippen molar-refractivity contribution in [2.75, 3.05) is 11.5 Å². The molecule has 0 aliphatic carbocycles. The van der Waals surface area contributed by atoms with Crippen molar-refractivity contribution in [1.29, 1.82) is 0 Å². The molecule has 0 spiro atoms. The van der Waals surface area contributed by atoms with Crippen LogP contribution in [0.3, 0.4) is 0 Å². The van der Waals surface area contributed by atoms with Gasteiger partial charge in [-0.25, -0.2) is 4.79 Å². The van der Waals surface area contributed by atoms with Gasteiger partial charge in [0.15, 0.2) is 6.61 Å². The smallest absolute Gasteiger partial charge is 0.326 e. The van der Waals surface area contributed by atoms with Crippen molar-refractivity contribution in [3.05, 3.63) is 162 Å². The first-order valence-corrected chi connectivity index (χ1v) is 14.9. The van der Waals surface area contributed by atoms with Crippen LogP contribution in [0.4, 0.5) is 5.69 Å². The zero-order chi connectivity index (χ0) is 32.1. The van der Waals surface area contributed by atoms with Gasteiger partial charge >= 0.3 is 5.97 Å². The lowest BCUT2D eigenvalue weighted by Crippen LogP contribution is -2.42. The van der Waals surface area contributed by atoms with Crippen molar-refractivity contribution in [2.45, 2.75) is 25.6 Å². The molecular formula is C38H34N2O6. The third-order valence-corrected chi connectivity index (χ3v) is 7.25. The maximum Gasteiger partial charge on any atom is 0.326 e. The summed E-state index contributed by atoms with van der Waals surface area (Å²) < 4.78 is 11.6. The van der Waals surface area contributed by atoms with Crippen LogP contribution in [-0.2, 0) is 29.2 Å². The highest BCUT2D eigenvalue weighted by Gasteiger charge is 2.22. The summed E-state index contributed by atoms with van der Waals surface area (Å²) in [5.41, 5.74) is 3.79. The first-order chi connectivity index (χ1) is 22.4. The van der Waals surface area contributed by atoms with Crippen molar-refractivity contribution in [3.63, 3.8) is 0 Å². The molecule has 2 amide bonds. The molecular weight excluding hydrogens is 580 g/mol. The van der Waals surface area contributed by atoms with Gasteiger partial charge in [0.05, 0.1) is 6.54 Å². The average Bonchev–Trinajstić information content (AvgIpc) is 3.10. The maximum atomic E-state index is 13.2. The molecule has 46 heavy (non-hydrogen) atoms. The number of rotatable bonds is 14. The number of carbonyl (C=O) groups is 3. The lowest BCUT2D eigenvalue weighted by Gasteiger charge is -2.23. The second-order valence-electron chi connectivity index (χ2n) is 10.6. The van der Waals surface area contributed by atoms with Crippen LogP contribution in [0.15, 0.2) is 140 Å². The van der Waals surface area contributed by atoms with Crippen LogP contribution >= 0.6 is 0 Å². The van der Waals surface area contributed by atoms with E-state index in [0.717, 1.165) is 22.4 Å². The molecule has 0 saturated carbocycles. The van der Waals surface area contributed by atoms with E-state index in [2.05, 4.69) is 5.32 Å². The molecule has 232 valence electrons. The number of carboxylic acids is 1. The van der Waals surface area contributed by atoms with E-state index in [-0.39, 0.29) is 24.5 Å². The molecule has 5 aromatic carbocycles. The summed E-state index contributed by atoms with van der Waals surface area (Å²) in [6, 6.07) is 41.1. The number of hydrogen-bond acceptors (Lipinski definition) is 5. The SMILES string of the molecule is O=C(N[C@@H](Cc1ccc(OCc2ccccc2)cc1)C(=O)O)c1ccc(OCC(=O)N(Cc2ccccc2)c2ccccc2)cc1. The van der Waals surface area contributed by atoms with E-state index in [0.29, 0.717) is 24.7 Å². The standard InChI is InChI=1S/C38H34N2O6/c41-36(40(32-14-8-3-9-15-32)25-29-10-4-1-5-11-29)27-46-34-22-18-31(19-23-34)37(42)39-35(38(43)44)24-28-16-20-33(21-17-28)45-26-30-12-6-2-7-13-30/h1-23,35H,24-27H2,(H,39,42)(H,43,44)/t35-/m0/s1. The van der Waals surface area contributed by atoms with E-state index < -0.39 is 17.9 Å². The number of ether oxygens (including phenoxy) is 2. The van der Waals surface area contributed by atoms with Gasteiger partial charge in [-0.1, -0.05) is 91.0 Å². The van der Waals surface area contributed by atoms with Crippen molar-refractivity contribution in [3.8, 4) is 11.5 Å². The number of nitrogens with zero attached hydrogens (tertiary/aromatic N) is 1. The van der Waals surface area contributed by atoms with Crippen molar-refractivity contribution in [2.24, 2.45) is 0 Å². The Balaban J connectivity index is 1.14. The topological polar surface area (TPSA) is 105 Å². The van der Waals surface area contributed by atoms with Gasteiger partial charge in [0.25, 0.3) is 11.8 Å². The second kappa shape index (κ2) is 15.7. The molecule has 5 rings (SSSR count). The van der Waals surface area contributed by atoms with E-state index >= 15 is 0 Å². The Kier molecular flexibility index (Phi) is 10.8. The van der Waals surface area contributed by atoms with Crippen LogP contribution in [0, 0.1) is 0 Å². The number of amides is 2. The third-order valence-electron chi connectivity index (χ3n) is 7.25. The highest BCUT2D eigenvalue weighted by atomic mass is 16.5. The van der Waals surface area contributed by atoms with Gasteiger partial charge in [0.1, 0.15) is 24.1 Å². The summed E-state index contributed by atoms with van der Waals surface area (Å²) in [5, 5.41) is 12.4. The normalized spacial score (nSPS) is 11.2. The van der Waals surface area contributed by atoms with Gasteiger partial charge in [0.2, 0.25) is 0 Å². The van der Waals surface area contributed by atoms with Gasteiger partial charge in [-0.05, 0) is 65.2 Å². The predicted octanol–water partition coefficient (Wildman–Crippen LogP) is 6.30. The molecule has 8 nitrogen and oxygen atoms in total. The average molecular weight is 615 g/mol. The Morgan fingerprint density at radius 2 is 1.17 bits per heavy atom. The Morgan fingerprint density at radius 3 is 1.78 bits per heavy atom. The van der Waals surface area contributed by atoms with Crippen molar-refractivity contribution >= 4 is 23.5 Å². The summed E-state index contributed by atoms with van der Waals surface area (Å²) >= 11 is 0. The van der Waals surface area contributed by atoms with Gasteiger partial charge in [-0.2, -0.15) is 0 Å². The fourth-order valence-electron chi connectivity index (χ4n) is 4.76. The van der Waals surface area contributed by atoms with E-state index in [1.807, 2.05) is 91.0 Å². The monoisotopic (exact) mass is 614 g/mol. The Morgan fingerprint density at radius 1 is 0.630 bits per heavy atom. The summed E-state index contributed by atoms with van der Waals surface area (Å²) in [6.07, 6.45) is 0.101. The number of hydrogen-bond donors (Lipinski definition) is 2. The minimum absolute atomic E-state index is 0.101. The van der Waals surface area contributed by atoms with Crippen LogP contribution in [0.5, 0.6) is 11.5 Å². The Bertz CT molecular complexity index is 1710. The number of nitrogens with one attached hydrogen (secondary N) is 1. The summed E-state index contributed by atoms with van der Waals surface area (Å²) in [7, 11) is 0. The minimum atomic E-state index is -1.14. The molecule has 0 aromatic heterocycles. The highest BCUT2D eigenvalue weighted by molar-refractivity contribution is 5.97. The minimum Gasteiger partial charge on any atom is -0.489 e. The molecule has 0 bridgehead atoms. The molecule has 0 saturated heterocycles. The summed E-state index contributed by atoms with van der Waals surface area (Å²) in [6.45, 7) is 0.613. The van der Waals surface area contributed by atoms with E-state index in [1.165, 1.54) is 12.1 Å². The second-order valence-corrected chi connectivity index (χ2v) is 10.6. The van der Waals surface area contributed by atoms with E-state index in [4.69, 9.17) is 9.47 Å². The van der Waals surface area contributed by atoms with Crippen LogP contribution < -0.4 is 19.7 Å². The zero-order valence-corrected chi connectivity index (χ0v) is 25.1. The van der Waals surface area contributed by atoms with E-state index in [9.17, 15) is 19.5 Å². The van der Waals surface area contributed by atoms with Crippen LogP contribution in [0.1, 0.15) is 27.0 Å². The van der Waals surface area contributed by atoms with Crippen molar-refractivity contribution in [1.82, 2.24) is 5.32 Å². The van der Waals surface area contributed by atoms with Gasteiger partial charge in [-0.15, -0.1) is 0 Å². The molecule has 8 heteroatoms. The van der Waals surface area contributed by atoms with Gasteiger partial charge in [0, 0.05) is 17.7 Å². The quantitative estimate of drug-likeness (QED) is 0.152. The third kappa shape index (κ3) is 9.06. The molecule has 1 atom stereocenters. The van der Waals surface area contributed by atoms with Crippen LogP contribution in [0.25, 0.3) is 0 Å². The molecule has 0 unspecified atom stereocenters. The van der Waals surface area contributed by atoms with Gasteiger partial charge < -0.3 is 24.8 Å². The maximum absolute atomic E-state index is 13.2. The first-order valence-electron chi connectivity index (χ1n) is 14.9. The molecule has 5 aromatic rings. The summed E-state index contributed by atoms with van der Waals surface area (Å²) in [5.74, 6) is -0.832. The Hall–Kier alpha value is -5.89. The highest BCUT2D eigenvalue weighted by Crippen LogP contribution is 2.19. The number of para-hydroxylation sites is 1. The van der Waals surface area contributed by atoms with Crippen molar-refractivity contribution < 1.29 is 29.0 Å². The zero-order valence-electron chi connectivity index (χ0n) is 25.1. The molecule has 0 aliphatic rings. The van der Waals surface area contributed by atoms with Crippen LogP contribution in [-0.4, -0.2) is 35.5 Å². The lowest BCUT2D eigenvalue weighted by atomic mass is 10.1. The summed E-state index contributed by atoms with van der Waals surface area (Å²) in [4.78, 5) is 39.8. The molecule has 0 fully saturated rings. The molecule has 0 radical (unpaired) electrons. The van der Waals surface area contributed by atoms with Crippen LogP contribution in [0.2, 0.25) is 0 Å². The molecule has 0 heterocycles. The lowest BCUT2D eigenvalue weighted by molar-refractivity contribution is -0.139. The number of anilines is 1. The fraction of sp³-hybridized carbons (Fsp3) is 0.132. The number of carbonyl (C=O) groups excluding carboxylic acids is 2. The predicted molar refractivity (Wildman–Crippen MR) is 176 cm³/mol. The van der Waals surface area contributed by atoms with E-state index in [1.54, 1.807) is 41.3 Å².